The van der Waals surface area contributed by atoms with E-state index in [9.17, 15) is 4.79 Å². The van der Waals surface area contributed by atoms with Crippen LogP contribution >= 0.6 is 0 Å². The molecule has 3 aromatic rings. The summed E-state index contributed by atoms with van der Waals surface area (Å²) in [5.74, 6) is 1.29. The standard InChI is InChI=1S/C27H39N5O5Si/c1-10-32(16-15-31(3)4)27-29-25(34-5)23(26(30-27)35-6)28-24(33)20-13-14-22(36-20)37-21-17-19(38(7,8)9)12-11-18(21)2/h11-14,17H,10,15-16H2,1-9H3,(H,28,33). The molecule has 3 rings (SSSR count). The van der Waals surface area contributed by atoms with Gasteiger partial charge < -0.3 is 33.7 Å². The fourth-order valence-corrected chi connectivity index (χ4v) is 4.78. The maximum Gasteiger partial charge on any atom is 0.291 e. The summed E-state index contributed by atoms with van der Waals surface area (Å²) in [5, 5.41) is 4.04. The van der Waals surface area contributed by atoms with E-state index in [1.807, 2.05) is 38.9 Å². The number of aromatic nitrogens is 2. The Morgan fingerprint density at radius 3 is 2.24 bits per heavy atom. The van der Waals surface area contributed by atoms with Gasteiger partial charge in [-0.3, -0.25) is 4.79 Å². The van der Waals surface area contributed by atoms with Gasteiger partial charge in [0.05, 0.1) is 22.3 Å². The molecule has 1 aromatic carbocycles. The van der Waals surface area contributed by atoms with Gasteiger partial charge in [0, 0.05) is 25.7 Å². The Kier molecular flexibility index (Phi) is 9.39. The molecule has 0 aliphatic heterocycles. The fraction of sp³-hybridized carbons (Fsp3) is 0.444. The molecule has 0 aliphatic carbocycles. The summed E-state index contributed by atoms with van der Waals surface area (Å²) in [6.45, 7) is 13.1. The van der Waals surface area contributed by atoms with Crippen LogP contribution in [0.1, 0.15) is 23.0 Å². The smallest absolute Gasteiger partial charge is 0.291 e. The van der Waals surface area contributed by atoms with Crippen molar-refractivity contribution in [2.45, 2.75) is 33.5 Å². The highest BCUT2D eigenvalue weighted by atomic mass is 28.3. The molecule has 1 N–H and O–H groups in total. The van der Waals surface area contributed by atoms with E-state index in [4.69, 9.17) is 18.6 Å². The summed E-state index contributed by atoms with van der Waals surface area (Å²) < 4.78 is 22.7. The predicted molar refractivity (Wildman–Crippen MR) is 152 cm³/mol. The molecule has 206 valence electrons. The Morgan fingerprint density at radius 2 is 1.68 bits per heavy atom. The molecule has 0 fully saturated rings. The second-order valence-corrected chi connectivity index (χ2v) is 15.3. The van der Waals surface area contributed by atoms with Crippen LogP contribution in [0.5, 0.6) is 23.5 Å². The third-order valence-electron chi connectivity index (χ3n) is 6.01. The van der Waals surface area contributed by atoms with Crippen molar-refractivity contribution in [3.8, 4) is 23.5 Å². The van der Waals surface area contributed by atoms with Crippen LogP contribution in [0.2, 0.25) is 19.6 Å². The predicted octanol–water partition coefficient (Wildman–Crippen LogP) is 4.37. The van der Waals surface area contributed by atoms with E-state index in [0.29, 0.717) is 18.2 Å². The molecular weight excluding hydrogens is 502 g/mol. The van der Waals surface area contributed by atoms with Gasteiger partial charge in [-0.1, -0.05) is 37.0 Å². The minimum Gasteiger partial charge on any atom is -0.479 e. The van der Waals surface area contributed by atoms with E-state index >= 15 is 0 Å². The van der Waals surface area contributed by atoms with Gasteiger partial charge in [0.1, 0.15) is 5.75 Å². The van der Waals surface area contributed by atoms with Crippen LogP contribution < -0.4 is 29.6 Å². The molecule has 0 saturated heterocycles. The molecule has 38 heavy (non-hydrogen) atoms. The normalized spacial score (nSPS) is 11.4. The van der Waals surface area contributed by atoms with Crippen molar-refractivity contribution in [2.75, 3.05) is 58.2 Å². The van der Waals surface area contributed by atoms with Crippen molar-refractivity contribution in [1.82, 2.24) is 14.9 Å². The number of likely N-dealkylation sites (N-methyl/N-ethyl adjacent to an activating group) is 2. The number of carbonyl (C=O) groups excluding carboxylic acids is 1. The molecule has 0 radical (unpaired) electrons. The van der Waals surface area contributed by atoms with Crippen molar-refractivity contribution < 1.29 is 23.4 Å². The van der Waals surface area contributed by atoms with Crippen LogP contribution in [0.15, 0.2) is 34.7 Å². The van der Waals surface area contributed by atoms with Crippen LogP contribution in [-0.4, -0.2) is 76.8 Å². The Balaban J connectivity index is 1.82. The number of nitrogens with one attached hydrogen (secondary N) is 1. The zero-order valence-corrected chi connectivity index (χ0v) is 24.8. The minimum absolute atomic E-state index is 0.0633. The van der Waals surface area contributed by atoms with Crippen LogP contribution in [0.25, 0.3) is 0 Å². The lowest BCUT2D eigenvalue weighted by Gasteiger charge is -2.24. The largest absolute Gasteiger partial charge is 0.479 e. The molecule has 2 heterocycles. The summed E-state index contributed by atoms with van der Waals surface area (Å²) >= 11 is 0. The van der Waals surface area contributed by atoms with Gasteiger partial charge in [-0.15, -0.1) is 0 Å². The van der Waals surface area contributed by atoms with Gasteiger partial charge in [-0.25, -0.2) is 0 Å². The molecule has 10 nitrogen and oxygen atoms in total. The van der Waals surface area contributed by atoms with E-state index < -0.39 is 14.0 Å². The quantitative estimate of drug-likeness (QED) is 0.335. The number of anilines is 2. The molecule has 0 bridgehead atoms. The van der Waals surface area contributed by atoms with Crippen molar-refractivity contribution in [3.05, 3.63) is 41.7 Å². The second-order valence-electron chi connectivity index (χ2n) is 10.2. The van der Waals surface area contributed by atoms with Gasteiger partial charge in [-0.05, 0) is 45.6 Å². The molecule has 0 saturated carbocycles. The number of ether oxygens (including phenoxy) is 3. The SMILES string of the molecule is CCN(CCN(C)C)c1nc(OC)c(NC(=O)c2ccc(Oc3cc([Si](C)(C)C)ccc3C)o2)c(OC)n1. The van der Waals surface area contributed by atoms with Gasteiger partial charge in [-0.2, -0.15) is 9.97 Å². The Hall–Kier alpha value is -3.57. The Morgan fingerprint density at radius 1 is 1.03 bits per heavy atom. The molecule has 2 aromatic heterocycles. The highest BCUT2D eigenvalue weighted by molar-refractivity contribution is 6.88. The first-order chi connectivity index (χ1) is 18.0. The Labute approximate surface area is 225 Å². The number of amides is 1. The van der Waals surface area contributed by atoms with Crippen LogP contribution in [0.3, 0.4) is 0 Å². The van der Waals surface area contributed by atoms with Crippen molar-refractivity contribution in [1.29, 1.82) is 0 Å². The summed E-state index contributed by atoms with van der Waals surface area (Å²) in [7, 11) is 5.45. The maximum absolute atomic E-state index is 13.1. The number of furan rings is 1. The minimum atomic E-state index is -1.52. The highest BCUT2D eigenvalue weighted by Crippen LogP contribution is 2.34. The van der Waals surface area contributed by atoms with Gasteiger partial charge >= 0.3 is 0 Å². The molecule has 0 unspecified atom stereocenters. The molecule has 11 heteroatoms. The van der Waals surface area contributed by atoms with E-state index in [1.54, 1.807) is 12.1 Å². The van der Waals surface area contributed by atoms with E-state index in [0.717, 1.165) is 18.7 Å². The van der Waals surface area contributed by atoms with Crippen LogP contribution in [-0.2, 0) is 0 Å². The molecular formula is C27H39N5O5Si. The number of carbonyl (C=O) groups is 1. The van der Waals surface area contributed by atoms with E-state index in [1.165, 1.54) is 19.4 Å². The number of hydrogen-bond donors (Lipinski definition) is 1. The maximum atomic E-state index is 13.1. The topological polar surface area (TPSA) is 102 Å². The van der Waals surface area contributed by atoms with Crippen LogP contribution in [0.4, 0.5) is 11.6 Å². The molecule has 1 amide bonds. The van der Waals surface area contributed by atoms with Gasteiger partial charge in [0.25, 0.3) is 11.9 Å². The summed E-state index contributed by atoms with van der Waals surface area (Å²) in [6.07, 6.45) is 0. The number of methoxy groups -OCH3 is 2. The number of aryl methyl sites for hydroxylation is 1. The van der Waals surface area contributed by atoms with Gasteiger partial charge in [0.15, 0.2) is 11.4 Å². The monoisotopic (exact) mass is 541 g/mol. The first-order valence-electron chi connectivity index (χ1n) is 12.6. The van der Waals surface area contributed by atoms with Gasteiger partial charge in [0.2, 0.25) is 17.7 Å². The third kappa shape index (κ3) is 7.04. The zero-order valence-electron chi connectivity index (χ0n) is 23.8. The third-order valence-corrected chi connectivity index (χ3v) is 8.05. The molecule has 0 atom stereocenters. The molecule has 0 spiro atoms. The van der Waals surface area contributed by atoms with E-state index in [-0.39, 0.29) is 29.2 Å². The van der Waals surface area contributed by atoms with Crippen molar-refractivity contribution >= 4 is 30.8 Å². The number of hydrogen-bond acceptors (Lipinski definition) is 9. The molecule has 0 aliphatic rings. The number of rotatable bonds is 12. The second kappa shape index (κ2) is 12.3. The average Bonchev–Trinajstić information content (AvgIpc) is 3.34. The average molecular weight is 542 g/mol. The van der Waals surface area contributed by atoms with E-state index in [2.05, 4.69) is 52.0 Å². The fourth-order valence-electron chi connectivity index (χ4n) is 3.63. The Bertz CT molecular complexity index is 1230. The lowest BCUT2D eigenvalue weighted by molar-refractivity contribution is 0.0990. The summed E-state index contributed by atoms with van der Waals surface area (Å²) in [5.41, 5.74) is 1.19. The summed E-state index contributed by atoms with van der Waals surface area (Å²) in [4.78, 5) is 26.2. The lowest BCUT2D eigenvalue weighted by atomic mass is 10.2. The van der Waals surface area contributed by atoms with Crippen molar-refractivity contribution in [2.24, 2.45) is 0 Å². The first kappa shape index (κ1) is 29.0. The number of nitrogens with zero attached hydrogens (tertiary/aromatic N) is 4. The lowest BCUT2D eigenvalue weighted by Crippen LogP contribution is -2.37. The highest BCUT2D eigenvalue weighted by Gasteiger charge is 2.23. The van der Waals surface area contributed by atoms with Crippen LogP contribution in [0, 0.1) is 6.92 Å². The zero-order chi connectivity index (χ0) is 28.0. The summed E-state index contributed by atoms with van der Waals surface area (Å²) in [6, 6.07) is 9.41. The first-order valence-corrected chi connectivity index (χ1v) is 16.1. The van der Waals surface area contributed by atoms with Crippen molar-refractivity contribution in [3.63, 3.8) is 0 Å². The number of benzene rings is 1.